The van der Waals surface area contributed by atoms with Gasteiger partial charge in [-0.3, -0.25) is 0 Å². The van der Waals surface area contributed by atoms with Gasteiger partial charge in [0.1, 0.15) is 5.75 Å². The highest BCUT2D eigenvalue weighted by Crippen LogP contribution is 2.31. The number of phenolic OH excluding ortho intramolecular Hbond substituents is 1. The molecule has 1 heterocycles. The number of hydrogen-bond acceptors (Lipinski definition) is 4. The van der Waals surface area contributed by atoms with Gasteiger partial charge in [-0.15, -0.1) is 0 Å². The van der Waals surface area contributed by atoms with Crippen molar-refractivity contribution in [2.75, 3.05) is 0 Å². The number of rotatable bonds is 2. The van der Waals surface area contributed by atoms with Gasteiger partial charge in [0, 0.05) is 15.1 Å². The number of phenols is 1. The second-order valence-corrected chi connectivity index (χ2v) is 5.38. The number of benzene rings is 2. The first-order valence-electron chi connectivity index (χ1n) is 5.72. The molecule has 3 rings (SSSR count). The Morgan fingerprint density at radius 1 is 1.10 bits per heavy atom. The van der Waals surface area contributed by atoms with Gasteiger partial charge in [-0.05, 0) is 58.4 Å². The molecule has 0 fully saturated rings. The second kappa shape index (κ2) is 5.26. The van der Waals surface area contributed by atoms with E-state index in [-0.39, 0.29) is 5.75 Å². The van der Waals surface area contributed by atoms with Gasteiger partial charge in [0.05, 0.1) is 5.56 Å². The van der Waals surface area contributed by atoms with Crippen LogP contribution < -0.4 is 0 Å². The van der Waals surface area contributed by atoms with Crippen molar-refractivity contribution in [1.82, 2.24) is 10.1 Å². The van der Waals surface area contributed by atoms with Crippen molar-refractivity contribution in [1.29, 1.82) is 0 Å². The van der Waals surface area contributed by atoms with Gasteiger partial charge in [-0.25, -0.2) is 0 Å². The zero-order valence-corrected chi connectivity index (χ0v) is 12.4. The maximum absolute atomic E-state index is 9.27. The molecule has 0 atom stereocenters. The lowest BCUT2D eigenvalue weighted by atomic mass is 10.2. The molecule has 0 saturated heterocycles. The molecular formula is C14H8BrClN2O2. The number of hydrogen-bond donors (Lipinski definition) is 1. The largest absolute Gasteiger partial charge is 0.508 e. The van der Waals surface area contributed by atoms with E-state index in [9.17, 15) is 5.11 Å². The number of aromatic hydroxyl groups is 1. The van der Waals surface area contributed by atoms with Crippen LogP contribution in [0, 0.1) is 0 Å². The predicted octanol–water partition coefficient (Wildman–Crippen LogP) is 4.53. The minimum absolute atomic E-state index is 0.190. The van der Waals surface area contributed by atoms with Gasteiger partial charge < -0.3 is 9.63 Å². The van der Waals surface area contributed by atoms with Crippen LogP contribution in [0.15, 0.2) is 51.5 Å². The molecule has 0 bridgehead atoms. The zero-order chi connectivity index (χ0) is 14.1. The highest BCUT2D eigenvalue weighted by molar-refractivity contribution is 9.10. The van der Waals surface area contributed by atoms with Crippen molar-refractivity contribution in [2.45, 2.75) is 0 Å². The molecule has 1 N–H and O–H groups in total. The van der Waals surface area contributed by atoms with E-state index in [0.717, 1.165) is 15.6 Å². The normalized spacial score (nSPS) is 10.7. The molecule has 0 unspecified atom stereocenters. The van der Waals surface area contributed by atoms with Crippen molar-refractivity contribution in [2.24, 2.45) is 0 Å². The molecule has 2 aromatic carbocycles. The van der Waals surface area contributed by atoms with Crippen LogP contribution in [-0.4, -0.2) is 15.2 Å². The molecular weight excluding hydrogens is 344 g/mol. The van der Waals surface area contributed by atoms with Gasteiger partial charge >= 0.3 is 0 Å². The Hall–Kier alpha value is -1.85. The highest BCUT2D eigenvalue weighted by atomic mass is 79.9. The van der Waals surface area contributed by atoms with Crippen LogP contribution in [0.5, 0.6) is 5.75 Å². The van der Waals surface area contributed by atoms with Crippen molar-refractivity contribution < 1.29 is 9.63 Å². The summed E-state index contributed by atoms with van der Waals surface area (Å²) in [4.78, 5) is 4.33. The molecule has 0 aliphatic heterocycles. The molecule has 0 saturated carbocycles. The Kier molecular flexibility index (Phi) is 3.46. The molecule has 20 heavy (non-hydrogen) atoms. The maximum atomic E-state index is 9.27. The number of aromatic nitrogens is 2. The maximum Gasteiger partial charge on any atom is 0.259 e. The van der Waals surface area contributed by atoms with E-state index in [1.165, 1.54) is 0 Å². The van der Waals surface area contributed by atoms with Crippen LogP contribution >= 0.6 is 27.5 Å². The van der Waals surface area contributed by atoms with Crippen LogP contribution in [-0.2, 0) is 0 Å². The van der Waals surface area contributed by atoms with Crippen LogP contribution in [0.4, 0.5) is 0 Å². The van der Waals surface area contributed by atoms with Crippen molar-refractivity contribution in [3.63, 3.8) is 0 Å². The van der Waals surface area contributed by atoms with E-state index in [1.54, 1.807) is 36.4 Å². The SMILES string of the molecule is Oc1ccc(-c2noc(-c3cc(Cl)ccc3Br)n2)cc1. The number of halogens is 2. The molecule has 0 radical (unpaired) electrons. The highest BCUT2D eigenvalue weighted by Gasteiger charge is 2.13. The van der Waals surface area contributed by atoms with Gasteiger partial charge in [0.2, 0.25) is 5.82 Å². The van der Waals surface area contributed by atoms with Crippen molar-refractivity contribution >= 4 is 27.5 Å². The van der Waals surface area contributed by atoms with E-state index in [1.807, 2.05) is 6.07 Å². The monoisotopic (exact) mass is 350 g/mol. The summed E-state index contributed by atoms with van der Waals surface area (Å²) in [6.07, 6.45) is 0. The quantitative estimate of drug-likeness (QED) is 0.737. The molecule has 0 aliphatic carbocycles. The van der Waals surface area contributed by atoms with Gasteiger partial charge in [0.15, 0.2) is 0 Å². The zero-order valence-electron chi connectivity index (χ0n) is 10.0. The van der Waals surface area contributed by atoms with E-state index in [4.69, 9.17) is 16.1 Å². The molecule has 0 amide bonds. The van der Waals surface area contributed by atoms with Crippen molar-refractivity contribution in [3.8, 4) is 28.6 Å². The summed E-state index contributed by atoms with van der Waals surface area (Å²) in [6, 6.07) is 11.9. The minimum Gasteiger partial charge on any atom is -0.508 e. The third kappa shape index (κ3) is 2.55. The summed E-state index contributed by atoms with van der Waals surface area (Å²) in [5.41, 5.74) is 1.49. The van der Waals surface area contributed by atoms with E-state index >= 15 is 0 Å². The molecule has 0 aliphatic rings. The van der Waals surface area contributed by atoms with E-state index in [0.29, 0.717) is 16.7 Å². The summed E-state index contributed by atoms with van der Waals surface area (Å²) < 4.78 is 6.08. The Balaban J connectivity index is 2.01. The molecule has 4 nitrogen and oxygen atoms in total. The average Bonchev–Trinajstić information content (AvgIpc) is 2.92. The van der Waals surface area contributed by atoms with E-state index < -0.39 is 0 Å². The Labute approximate surface area is 128 Å². The fourth-order valence-electron chi connectivity index (χ4n) is 1.72. The first-order chi connectivity index (χ1) is 9.63. The molecule has 100 valence electrons. The fourth-order valence-corrected chi connectivity index (χ4v) is 2.31. The Morgan fingerprint density at radius 3 is 2.60 bits per heavy atom. The van der Waals surface area contributed by atoms with Crippen LogP contribution in [0.2, 0.25) is 5.02 Å². The minimum atomic E-state index is 0.190. The van der Waals surface area contributed by atoms with Gasteiger partial charge in [0.25, 0.3) is 5.89 Å². The third-order valence-corrected chi connectivity index (χ3v) is 3.64. The standard InChI is InChI=1S/C14H8BrClN2O2/c15-12-6-3-9(16)7-11(12)14-17-13(18-20-14)8-1-4-10(19)5-2-8/h1-7,19H. The summed E-state index contributed by atoms with van der Waals surface area (Å²) in [7, 11) is 0. The predicted molar refractivity (Wildman–Crippen MR) is 79.5 cm³/mol. The van der Waals surface area contributed by atoms with Gasteiger partial charge in [-0.1, -0.05) is 16.8 Å². The summed E-state index contributed by atoms with van der Waals surface area (Å²) in [6.45, 7) is 0. The molecule has 3 aromatic rings. The van der Waals surface area contributed by atoms with Crippen LogP contribution in [0.25, 0.3) is 22.8 Å². The summed E-state index contributed by atoms with van der Waals surface area (Å²) in [5, 5.41) is 13.8. The second-order valence-electron chi connectivity index (χ2n) is 4.09. The average molecular weight is 352 g/mol. The molecule has 0 spiro atoms. The first kappa shape index (κ1) is 13.1. The lowest BCUT2D eigenvalue weighted by Crippen LogP contribution is -1.82. The van der Waals surface area contributed by atoms with E-state index in [2.05, 4.69) is 26.1 Å². The van der Waals surface area contributed by atoms with Crippen molar-refractivity contribution in [3.05, 3.63) is 52.0 Å². The molecule has 1 aromatic heterocycles. The topological polar surface area (TPSA) is 59.2 Å². The smallest absolute Gasteiger partial charge is 0.259 e. The lowest BCUT2D eigenvalue weighted by Gasteiger charge is -1.98. The van der Waals surface area contributed by atoms with Crippen LogP contribution in [0.3, 0.4) is 0 Å². The first-order valence-corrected chi connectivity index (χ1v) is 6.89. The fraction of sp³-hybridized carbons (Fsp3) is 0. The summed E-state index contributed by atoms with van der Waals surface area (Å²) >= 11 is 9.39. The third-order valence-electron chi connectivity index (χ3n) is 2.71. The molecule has 6 heteroatoms. The Morgan fingerprint density at radius 2 is 1.85 bits per heavy atom. The number of nitrogens with zero attached hydrogens (tertiary/aromatic N) is 2. The van der Waals surface area contributed by atoms with Crippen LogP contribution in [0.1, 0.15) is 0 Å². The Bertz CT molecular complexity index is 756. The van der Waals surface area contributed by atoms with Gasteiger partial charge in [-0.2, -0.15) is 4.98 Å². The lowest BCUT2D eigenvalue weighted by molar-refractivity contribution is 0.432. The summed E-state index contributed by atoms with van der Waals surface area (Å²) in [5.74, 6) is 1.02.